The predicted octanol–water partition coefficient (Wildman–Crippen LogP) is 4.52. The zero-order valence-electron chi connectivity index (χ0n) is 10.5. The lowest BCUT2D eigenvalue weighted by Crippen LogP contribution is -2.35. The molecule has 0 spiro atoms. The van der Waals surface area contributed by atoms with Crippen LogP contribution >= 0.6 is 0 Å². The maximum absolute atomic E-state index is 4.24. The molecule has 1 aliphatic carbocycles. The van der Waals surface area contributed by atoms with Crippen LogP contribution in [0, 0.1) is 29.6 Å². The number of rotatable bonds is 2. The van der Waals surface area contributed by atoms with E-state index in [1.54, 1.807) is 0 Å². The quantitative estimate of drug-likeness (QED) is 0.567. The highest BCUT2D eigenvalue weighted by Gasteiger charge is 2.36. The Morgan fingerprint density at radius 3 is 2.14 bits per heavy atom. The molecule has 0 aliphatic heterocycles. The van der Waals surface area contributed by atoms with Crippen LogP contribution in [0.3, 0.4) is 0 Å². The van der Waals surface area contributed by atoms with E-state index in [-0.39, 0.29) is 0 Å². The molecule has 0 aromatic heterocycles. The van der Waals surface area contributed by atoms with Crippen molar-refractivity contribution in [3.63, 3.8) is 0 Å². The summed E-state index contributed by atoms with van der Waals surface area (Å²) in [7, 11) is 0. The van der Waals surface area contributed by atoms with Crippen molar-refractivity contribution in [2.45, 2.75) is 47.5 Å². The fourth-order valence-corrected chi connectivity index (χ4v) is 2.99. The summed E-state index contributed by atoms with van der Waals surface area (Å²) in [5, 5.41) is 0. The minimum Gasteiger partial charge on any atom is -0.0996 e. The zero-order chi connectivity index (χ0) is 10.9. The van der Waals surface area contributed by atoms with Gasteiger partial charge in [-0.15, -0.1) is 0 Å². The standard InChI is InChI=1S/C14H26/c1-7-9(2)14-8-10(3)11(4)12(5)13(14)6/h10-14H,2,7-8H2,1,3-6H3. The SMILES string of the molecule is C=C(CC)C1CC(C)C(C)C(C)C1C. The van der Waals surface area contributed by atoms with Gasteiger partial charge in [0.15, 0.2) is 0 Å². The number of hydrogen-bond acceptors (Lipinski definition) is 0. The normalized spacial score (nSPS) is 43.6. The fourth-order valence-electron chi connectivity index (χ4n) is 2.99. The first-order valence-electron chi connectivity index (χ1n) is 6.16. The van der Waals surface area contributed by atoms with Gasteiger partial charge in [-0.2, -0.15) is 0 Å². The van der Waals surface area contributed by atoms with Crippen LogP contribution in [0.5, 0.6) is 0 Å². The Morgan fingerprint density at radius 1 is 1.07 bits per heavy atom. The van der Waals surface area contributed by atoms with E-state index in [9.17, 15) is 0 Å². The second kappa shape index (κ2) is 4.51. The highest BCUT2D eigenvalue weighted by atomic mass is 14.4. The largest absolute Gasteiger partial charge is 0.0996 e. The molecule has 0 heteroatoms. The summed E-state index contributed by atoms with van der Waals surface area (Å²) in [6.45, 7) is 16.1. The van der Waals surface area contributed by atoms with Crippen molar-refractivity contribution in [1.82, 2.24) is 0 Å². The molecule has 0 heterocycles. The predicted molar refractivity (Wildman–Crippen MR) is 64.2 cm³/mol. The lowest BCUT2D eigenvalue weighted by Gasteiger charge is -2.43. The van der Waals surface area contributed by atoms with Crippen LogP contribution in [-0.2, 0) is 0 Å². The van der Waals surface area contributed by atoms with Gasteiger partial charge < -0.3 is 0 Å². The van der Waals surface area contributed by atoms with Gasteiger partial charge in [0.25, 0.3) is 0 Å². The highest BCUT2D eigenvalue weighted by Crippen LogP contribution is 2.44. The van der Waals surface area contributed by atoms with Gasteiger partial charge in [0.1, 0.15) is 0 Å². The van der Waals surface area contributed by atoms with Gasteiger partial charge in [0.2, 0.25) is 0 Å². The van der Waals surface area contributed by atoms with Crippen LogP contribution in [0.1, 0.15) is 47.5 Å². The first kappa shape index (κ1) is 11.8. The summed E-state index contributed by atoms with van der Waals surface area (Å²) in [5.74, 6) is 4.21. The molecule has 82 valence electrons. The second-order valence-corrected chi connectivity index (χ2v) is 5.41. The summed E-state index contributed by atoms with van der Waals surface area (Å²) in [4.78, 5) is 0. The zero-order valence-corrected chi connectivity index (χ0v) is 10.5. The van der Waals surface area contributed by atoms with Gasteiger partial charge in [-0.3, -0.25) is 0 Å². The Labute approximate surface area is 89.8 Å². The van der Waals surface area contributed by atoms with Gasteiger partial charge >= 0.3 is 0 Å². The van der Waals surface area contributed by atoms with Crippen molar-refractivity contribution >= 4 is 0 Å². The lowest BCUT2D eigenvalue weighted by atomic mass is 9.62. The van der Waals surface area contributed by atoms with E-state index < -0.39 is 0 Å². The Kier molecular flexibility index (Phi) is 3.80. The average molecular weight is 194 g/mol. The Bertz CT molecular complexity index is 204. The van der Waals surface area contributed by atoms with Crippen molar-refractivity contribution < 1.29 is 0 Å². The molecule has 5 unspecified atom stereocenters. The Hall–Kier alpha value is -0.260. The van der Waals surface area contributed by atoms with E-state index in [0.717, 1.165) is 36.0 Å². The molecule has 1 rings (SSSR count). The van der Waals surface area contributed by atoms with Crippen LogP contribution in [0.2, 0.25) is 0 Å². The molecule has 1 aliphatic rings. The molecule has 14 heavy (non-hydrogen) atoms. The number of hydrogen-bond donors (Lipinski definition) is 0. The van der Waals surface area contributed by atoms with Gasteiger partial charge in [0.05, 0.1) is 0 Å². The van der Waals surface area contributed by atoms with Crippen molar-refractivity contribution in [3.05, 3.63) is 12.2 Å². The fraction of sp³-hybridized carbons (Fsp3) is 0.857. The minimum absolute atomic E-state index is 0.779. The monoisotopic (exact) mass is 194 g/mol. The summed E-state index contributed by atoms with van der Waals surface area (Å²) in [6.07, 6.45) is 2.52. The highest BCUT2D eigenvalue weighted by molar-refractivity contribution is 5.05. The van der Waals surface area contributed by atoms with E-state index in [1.807, 2.05) is 0 Å². The summed E-state index contributed by atoms with van der Waals surface area (Å²) < 4.78 is 0. The van der Waals surface area contributed by atoms with E-state index in [1.165, 1.54) is 12.0 Å². The van der Waals surface area contributed by atoms with E-state index >= 15 is 0 Å². The molecule has 1 saturated carbocycles. The Morgan fingerprint density at radius 2 is 1.64 bits per heavy atom. The van der Waals surface area contributed by atoms with Gasteiger partial charge in [-0.25, -0.2) is 0 Å². The maximum Gasteiger partial charge on any atom is -0.0175 e. The van der Waals surface area contributed by atoms with E-state index in [4.69, 9.17) is 0 Å². The van der Waals surface area contributed by atoms with Gasteiger partial charge in [0, 0.05) is 0 Å². The molecule has 5 atom stereocenters. The first-order chi connectivity index (χ1) is 6.49. The molecule has 1 fully saturated rings. The van der Waals surface area contributed by atoms with E-state index in [2.05, 4.69) is 41.2 Å². The summed E-state index contributed by atoms with van der Waals surface area (Å²) >= 11 is 0. The summed E-state index contributed by atoms with van der Waals surface area (Å²) in [5.41, 5.74) is 1.48. The smallest absolute Gasteiger partial charge is 0.0175 e. The molecule has 0 aromatic carbocycles. The molecule has 0 radical (unpaired) electrons. The van der Waals surface area contributed by atoms with Gasteiger partial charge in [-0.05, 0) is 42.4 Å². The Balaban J connectivity index is 2.75. The van der Waals surface area contributed by atoms with Crippen LogP contribution in [0.4, 0.5) is 0 Å². The van der Waals surface area contributed by atoms with Crippen LogP contribution in [0.25, 0.3) is 0 Å². The third-order valence-corrected chi connectivity index (χ3v) is 4.80. The third kappa shape index (κ3) is 2.04. The van der Waals surface area contributed by atoms with Crippen LogP contribution in [0.15, 0.2) is 12.2 Å². The van der Waals surface area contributed by atoms with Gasteiger partial charge in [-0.1, -0.05) is 46.8 Å². The molecular weight excluding hydrogens is 168 g/mol. The molecular formula is C14H26. The maximum atomic E-state index is 4.24. The summed E-state index contributed by atoms with van der Waals surface area (Å²) in [6, 6.07) is 0. The van der Waals surface area contributed by atoms with Crippen molar-refractivity contribution in [1.29, 1.82) is 0 Å². The molecule has 0 amide bonds. The molecule has 0 aromatic rings. The molecule has 0 bridgehead atoms. The average Bonchev–Trinajstić information content (AvgIpc) is 2.19. The number of allylic oxidation sites excluding steroid dienone is 1. The third-order valence-electron chi connectivity index (χ3n) is 4.80. The molecule has 0 N–H and O–H groups in total. The van der Waals surface area contributed by atoms with Crippen LogP contribution in [-0.4, -0.2) is 0 Å². The molecule has 0 saturated heterocycles. The second-order valence-electron chi connectivity index (χ2n) is 5.41. The lowest BCUT2D eigenvalue weighted by molar-refractivity contribution is 0.0926. The topological polar surface area (TPSA) is 0 Å². The van der Waals surface area contributed by atoms with Crippen LogP contribution < -0.4 is 0 Å². The molecule has 0 nitrogen and oxygen atoms in total. The van der Waals surface area contributed by atoms with Crippen molar-refractivity contribution in [2.75, 3.05) is 0 Å². The van der Waals surface area contributed by atoms with E-state index in [0.29, 0.717) is 0 Å². The van der Waals surface area contributed by atoms with Crippen molar-refractivity contribution in [2.24, 2.45) is 29.6 Å². The minimum atomic E-state index is 0.779. The van der Waals surface area contributed by atoms with Crippen molar-refractivity contribution in [3.8, 4) is 0 Å². The first-order valence-corrected chi connectivity index (χ1v) is 6.16.